The van der Waals surface area contributed by atoms with Crippen molar-refractivity contribution < 1.29 is 23.0 Å². The molecule has 0 unspecified atom stereocenters. The van der Waals surface area contributed by atoms with Crippen LogP contribution < -0.4 is 10.1 Å². The normalized spacial score (nSPS) is 11.0. The summed E-state index contributed by atoms with van der Waals surface area (Å²) in [4.78, 5) is 12.7. The maximum Gasteiger partial charge on any atom is 0.292 e. The first-order valence-corrected chi connectivity index (χ1v) is 8.45. The van der Waals surface area contributed by atoms with Crippen molar-refractivity contribution in [2.75, 3.05) is 12.4 Å². The second-order valence-electron chi connectivity index (χ2n) is 6.29. The molecule has 2 aromatic carbocycles. The lowest BCUT2D eigenvalue weighted by Gasteiger charge is -2.07. The van der Waals surface area contributed by atoms with Gasteiger partial charge in [-0.2, -0.15) is 0 Å². The van der Waals surface area contributed by atoms with Crippen molar-refractivity contribution in [1.29, 1.82) is 0 Å². The Bertz CT molecular complexity index is 1200. The van der Waals surface area contributed by atoms with Gasteiger partial charge in [0.25, 0.3) is 5.91 Å². The van der Waals surface area contributed by atoms with E-state index in [1.807, 2.05) is 13.0 Å². The number of carbonyl (C=O) groups excluding carboxylic acids is 1. The highest BCUT2D eigenvalue weighted by atomic mass is 19.1. The van der Waals surface area contributed by atoms with Crippen LogP contribution in [0.15, 0.2) is 45.4 Å². The third kappa shape index (κ3) is 2.98. The average molecular weight is 381 g/mol. The molecule has 2 heterocycles. The van der Waals surface area contributed by atoms with Crippen LogP contribution >= 0.6 is 0 Å². The van der Waals surface area contributed by atoms with E-state index in [2.05, 4.69) is 15.6 Å². The van der Waals surface area contributed by atoms with E-state index >= 15 is 0 Å². The highest BCUT2D eigenvalue weighted by Crippen LogP contribution is 2.31. The zero-order chi connectivity index (χ0) is 19.8. The molecular formula is C20H16FN3O4. The summed E-state index contributed by atoms with van der Waals surface area (Å²) in [6, 6.07) is 9.51. The van der Waals surface area contributed by atoms with Crippen LogP contribution in [0.4, 0.5) is 10.2 Å². The van der Waals surface area contributed by atoms with Crippen molar-refractivity contribution in [1.82, 2.24) is 10.3 Å². The first-order chi connectivity index (χ1) is 13.5. The zero-order valence-corrected chi connectivity index (χ0v) is 15.4. The Hall–Kier alpha value is -3.68. The predicted octanol–water partition coefficient (Wildman–Crippen LogP) is 4.50. The molecule has 142 valence electrons. The molecule has 1 amide bonds. The van der Waals surface area contributed by atoms with Crippen LogP contribution in [0.5, 0.6) is 5.75 Å². The van der Waals surface area contributed by atoms with Crippen molar-refractivity contribution in [2.45, 2.75) is 13.8 Å². The van der Waals surface area contributed by atoms with Crippen LogP contribution in [0.1, 0.15) is 21.7 Å². The minimum atomic E-state index is -0.530. The van der Waals surface area contributed by atoms with Crippen molar-refractivity contribution in [2.24, 2.45) is 0 Å². The predicted molar refractivity (Wildman–Crippen MR) is 99.9 cm³/mol. The Labute approximate surface area is 159 Å². The smallest absolute Gasteiger partial charge is 0.292 e. The van der Waals surface area contributed by atoms with Crippen molar-refractivity contribution in [3.8, 4) is 17.0 Å². The number of amides is 1. The number of halogens is 1. The number of aryl methyl sites for hydroxylation is 2. The van der Waals surface area contributed by atoms with Gasteiger partial charge in [-0.1, -0.05) is 0 Å². The number of rotatable bonds is 4. The number of ether oxygens (including phenoxy) is 1. The molecule has 0 saturated heterocycles. The van der Waals surface area contributed by atoms with E-state index in [1.165, 1.54) is 18.2 Å². The number of methoxy groups -OCH3 is 1. The number of nitrogens with one attached hydrogen (secondary N) is 1. The highest BCUT2D eigenvalue weighted by molar-refractivity contribution is 6.07. The van der Waals surface area contributed by atoms with E-state index in [0.29, 0.717) is 28.0 Å². The molecule has 0 saturated carbocycles. The lowest BCUT2D eigenvalue weighted by atomic mass is 10.1. The minimum Gasteiger partial charge on any atom is -0.497 e. The monoisotopic (exact) mass is 381 g/mol. The van der Waals surface area contributed by atoms with Crippen molar-refractivity contribution in [3.63, 3.8) is 0 Å². The summed E-state index contributed by atoms with van der Waals surface area (Å²) in [5, 5.41) is 10.9. The van der Waals surface area contributed by atoms with E-state index in [-0.39, 0.29) is 11.6 Å². The molecule has 8 heteroatoms. The fourth-order valence-corrected chi connectivity index (χ4v) is 3.05. The number of carbonyl (C=O) groups is 1. The lowest BCUT2D eigenvalue weighted by molar-refractivity contribution is 0.0997. The molecule has 0 fully saturated rings. The van der Waals surface area contributed by atoms with Crippen LogP contribution in [0.3, 0.4) is 0 Å². The number of nitrogens with zero attached hydrogens (tertiary/aromatic N) is 2. The Kier molecular flexibility index (Phi) is 4.31. The van der Waals surface area contributed by atoms with Gasteiger partial charge in [-0.05, 0) is 66.1 Å². The molecule has 0 radical (unpaired) electrons. The van der Waals surface area contributed by atoms with Gasteiger partial charge in [-0.25, -0.2) is 9.02 Å². The molecule has 2 aromatic heterocycles. The van der Waals surface area contributed by atoms with Gasteiger partial charge in [0.15, 0.2) is 11.5 Å². The first-order valence-electron chi connectivity index (χ1n) is 8.45. The van der Waals surface area contributed by atoms with Gasteiger partial charge in [-0.15, -0.1) is 0 Å². The summed E-state index contributed by atoms with van der Waals surface area (Å²) in [7, 11) is 1.58. The van der Waals surface area contributed by atoms with Crippen molar-refractivity contribution >= 4 is 22.7 Å². The summed E-state index contributed by atoms with van der Waals surface area (Å²) < 4.78 is 29.1. The van der Waals surface area contributed by atoms with E-state index in [9.17, 15) is 9.18 Å². The number of fused-ring (bicyclic) bond motifs is 1. The van der Waals surface area contributed by atoms with Gasteiger partial charge in [0, 0.05) is 16.5 Å². The van der Waals surface area contributed by atoms with E-state index < -0.39 is 11.7 Å². The standard InChI is InChI=1S/C20H16FN3O4/c1-10-8-13(26-3)5-6-14(10)17-19(24-28-23-17)22-20(25)18-11(2)15-9-12(21)4-7-16(15)27-18/h4-9H,1-3H3,(H,22,24,25). The van der Waals surface area contributed by atoms with Gasteiger partial charge < -0.3 is 9.15 Å². The summed E-state index contributed by atoms with van der Waals surface area (Å²) >= 11 is 0. The number of aromatic nitrogens is 2. The largest absolute Gasteiger partial charge is 0.497 e. The molecular weight excluding hydrogens is 365 g/mol. The second kappa shape index (κ2) is 6.80. The van der Waals surface area contributed by atoms with Gasteiger partial charge in [0.1, 0.15) is 17.1 Å². The third-order valence-corrected chi connectivity index (χ3v) is 4.51. The number of anilines is 1. The minimum absolute atomic E-state index is 0.0704. The molecule has 28 heavy (non-hydrogen) atoms. The van der Waals surface area contributed by atoms with Crippen LogP contribution in [-0.4, -0.2) is 23.3 Å². The molecule has 0 bridgehead atoms. The van der Waals surface area contributed by atoms with Gasteiger partial charge in [-0.3, -0.25) is 10.1 Å². The number of furan rings is 1. The fraction of sp³-hybridized carbons (Fsp3) is 0.150. The van der Waals surface area contributed by atoms with E-state index in [4.69, 9.17) is 13.8 Å². The quantitative estimate of drug-likeness (QED) is 0.560. The maximum absolute atomic E-state index is 13.5. The highest BCUT2D eigenvalue weighted by Gasteiger charge is 2.22. The van der Waals surface area contributed by atoms with Crippen LogP contribution in [-0.2, 0) is 0 Å². The van der Waals surface area contributed by atoms with Crippen molar-refractivity contribution in [3.05, 3.63) is 59.1 Å². The van der Waals surface area contributed by atoms with Crippen LogP contribution in [0, 0.1) is 19.7 Å². The Morgan fingerprint density at radius 3 is 2.71 bits per heavy atom. The van der Waals surface area contributed by atoms with Crippen LogP contribution in [0.2, 0.25) is 0 Å². The number of benzene rings is 2. The lowest BCUT2D eigenvalue weighted by Crippen LogP contribution is -2.13. The molecule has 0 aliphatic carbocycles. The zero-order valence-electron chi connectivity index (χ0n) is 15.4. The van der Waals surface area contributed by atoms with Crippen LogP contribution in [0.25, 0.3) is 22.2 Å². The van der Waals surface area contributed by atoms with Gasteiger partial charge in [0.05, 0.1) is 7.11 Å². The number of hydrogen-bond acceptors (Lipinski definition) is 6. The molecule has 7 nitrogen and oxygen atoms in total. The van der Waals surface area contributed by atoms with E-state index in [1.54, 1.807) is 26.2 Å². The summed E-state index contributed by atoms with van der Waals surface area (Å²) in [5.74, 6) is -0.00252. The Morgan fingerprint density at radius 1 is 1.14 bits per heavy atom. The summed E-state index contributed by atoms with van der Waals surface area (Å²) in [6.07, 6.45) is 0. The average Bonchev–Trinajstić information content (AvgIpc) is 3.26. The molecule has 1 N–H and O–H groups in total. The fourth-order valence-electron chi connectivity index (χ4n) is 3.05. The van der Waals surface area contributed by atoms with Gasteiger partial charge in [0.2, 0.25) is 5.82 Å². The second-order valence-corrected chi connectivity index (χ2v) is 6.29. The van der Waals surface area contributed by atoms with E-state index in [0.717, 1.165) is 11.1 Å². The summed E-state index contributed by atoms with van der Waals surface area (Å²) in [6.45, 7) is 3.58. The molecule has 0 aliphatic heterocycles. The molecule has 4 rings (SSSR count). The molecule has 0 spiro atoms. The maximum atomic E-state index is 13.5. The van der Waals surface area contributed by atoms with Gasteiger partial charge >= 0.3 is 0 Å². The number of hydrogen-bond donors (Lipinski definition) is 1. The summed E-state index contributed by atoms with van der Waals surface area (Å²) in [5.41, 5.74) is 2.95. The molecule has 0 aliphatic rings. The first kappa shape index (κ1) is 17.7. The molecule has 0 atom stereocenters. The Morgan fingerprint density at radius 2 is 1.96 bits per heavy atom. The SMILES string of the molecule is COc1ccc(-c2nonc2NC(=O)c2oc3ccc(F)cc3c2C)c(C)c1. The molecule has 4 aromatic rings. The Balaban J connectivity index is 1.67. The topological polar surface area (TPSA) is 90.4 Å². The third-order valence-electron chi connectivity index (χ3n) is 4.51.